The third kappa shape index (κ3) is 3.15. The summed E-state index contributed by atoms with van der Waals surface area (Å²) in [5.74, 6) is 0. The fraction of sp³-hybridized carbons (Fsp3) is 0.273. The van der Waals surface area contributed by atoms with Crippen LogP contribution in [0.1, 0.15) is 52.6 Å². The first-order valence-electron chi connectivity index (χ1n) is 13.2. The molecule has 0 radical (unpaired) electrons. The third-order valence-corrected chi connectivity index (χ3v) is 13.5. The molecular formula is C33H33P. The molecule has 0 nitrogen and oxygen atoms in total. The fourth-order valence-corrected chi connectivity index (χ4v) is 12.0. The van der Waals surface area contributed by atoms with Crippen LogP contribution in [-0.2, 0) is 38.5 Å². The van der Waals surface area contributed by atoms with Gasteiger partial charge in [0.15, 0.2) is 0 Å². The minimum atomic E-state index is -2.43. The number of aryl methyl sites for hydroxylation is 6. The Morgan fingerprint density at radius 1 is 0.353 bits per heavy atom. The second-order valence-corrected chi connectivity index (χ2v) is 14.4. The molecule has 0 spiro atoms. The predicted octanol–water partition coefficient (Wildman–Crippen LogP) is 5.50. The maximum atomic E-state index is 2.61. The van der Waals surface area contributed by atoms with Crippen molar-refractivity contribution in [3.8, 4) is 0 Å². The Morgan fingerprint density at radius 2 is 0.735 bits per heavy atom. The van der Waals surface area contributed by atoms with Gasteiger partial charge >= 0.3 is 205 Å². The van der Waals surface area contributed by atoms with Crippen molar-refractivity contribution in [2.24, 2.45) is 0 Å². The summed E-state index contributed by atoms with van der Waals surface area (Å²) in [5.41, 5.74) is 9.49. The van der Waals surface area contributed by atoms with E-state index in [2.05, 4.69) is 84.9 Å². The number of hydrogen-bond acceptors (Lipinski definition) is 0. The quantitative estimate of drug-likeness (QED) is 0.353. The van der Waals surface area contributed by atoms with Crippen LogP contribution >= 0.6 is 7.26 Å². The Labute approximate surface area is 204 Å². The van der Waals surface area contributed by atoms with Crippen LogP contribution in [0, 0.1) is 0 Å². The van der Waals surface area contributed by atoms with Crippen LogP contribution in [0.4, 0.5) is 0 Å². The van der Waals surface area contributed by atoms with Crippen LogP contribution in [0.15, 0.2) is 84.9 Å². The fourth-order valence-electron chi connectivity index (χ4n) is 7.10. The zero-order valence-electron chi connectivity index (χ0n) is 19.9. The van der Waals surface area contributed by atoms with Gasteiger partial charge in [0.1, 0.15) is 0 Å². The Balaban J connectivity index is 1.57. The topological polar surface area (TPSA) is 0 Å². The summed E-state index contributed by atoms with van der Waals surface area (Å²) in [6, 6.07) is 34.3. The molecule has 0 fully saturated rings. The molecule has 4 aromatic rings. The summed E-state index contributed by atoms with van der Waals surface area (Å²) >= 11 is 0. The van der Waals surface area contributed by atoms with Crippen LogP contribution in [-0.4, -0.2) is 0 Å². The normalized spacial score (nSPS) is 16.8. The Morgan fingerprint density at radius 3 is 1.15 bits per heavy atom. The van der Waals surface area contributed by atoms with E-state index >= 15 is 0 Å². The molecule has 4 aromatic carbocycles. The molecule has 34 heavy (non-hydrogen) atoms. The second-order valence-electron chi connectivity index (χ2n) is 10.6. The second kappa shape index (κ2) is 8.21. The van der Waals surface area contributed by atoms with Crippen molar-refractivity contribution in [1.82, 2.24) is 0 Å². The van der Waals surface area contributed by atoms with Crippen LogP contribution < -0.4 is 21.2 Å². The maximum absolute atomic E-state index is 2.61. The summed E-state index contributed by atoms with van der Waals surface area (Å²) in [5, 5.41) is 6.21. The van der Waals surface area contributed by atoms with Gasteiger partial charge in [-0.1, -0.05) is 0 Å². The first-order chi connectivity index (χ1) is 16.8. The first kappa shape index (κ1) is 20.7. The summed E-state index contributed by atoms with van der Waals surface area (Å²) in [4.78, 5) is 0. The van der Waals surface area contributed by atoms with Gasteiger partial charge in [0.05, 0.1) is 0 Å². The summed E-state index contributed by atoms with van der Waals surface area (Å²) in [6.45, 7) is 0. The van der Waals surface area contributed by atoms with E-state index in [9.17, 15) is 0 Å². The van der Waals surface area contributed by atoms with E-state index < -0.39 is 7.26 Å². The van der Waals surface area contributed by atoms with E-state index in [1.54, 1.807) is 49.3 Å². The standard InChI is InChI=1S/C33H33P/c1-2-13-30(14-3-1)34(31-18-15-24-7-4-10-27(24)21-31,32-19-16-25-8-5-11-28(25)22-32)33-20-17-26-9-6-12-29(26)23-33/h1-3,13-23,34H,4-12H2. The molecule has 0 saturated carbocycles. The summed E-state index contributed by atoms with van der Waals surface area (Å²) in [7, 11) is -2.43. The van der Waals surface area contributed by atoms with Gasteiger partial charge in [0.25, 0.3) is 0 Å². The molecule has 1 heteroatoms. The molecule has 0 aromatic heterocycles. The molecule has 0 heterocycles. The van der Waals surface area contributed by atoms with Crippen molar-refractivity contribution in [3.63, 3.8) is 0 Å². The summed E-state index contributed by atoms with van der Waals surface area (Å²) in [6.07, 6.45) is 11.3. The van der Waals surface area contributed by atoms with Crippen molar-refractivity contribution in [3.05, 3.63) is 118 Å². The van der Waals surface area contributed by atoms with Crippen LogP contribution in [0.5, 0.6) is 0 Å². The zero-order valence-corrected chi connectivity index (χ0v) is 20.9. The van der Waals surface area contributed by atoms with E-state index in [0.717, 1.165) is 0 Å². The number of rotatable bonds is 4. The molecule has 0 unspecified atom stereocenters. The monoisotopic (exact) mass is 460 g/mol. The molecule has 170 valence electrons. The minimum absolute atomic E-state index is 1.23. The first-order valence-corrected chi connectivity index (χ1v) is 15.2. The van der Waals surface area contributed by atoms with Gasteiger partial charge in [-0.3, -0.25) is 0 Å². The Bertz CT molecular complexity index is 1240. The van der Waals surface area contributed by atoms with E-state index in [4.69, 9.17) is 0 Å². The summed E-state index contributed by atoms with van der Waals surface area (Å²) < 4.78 is 0. The third-order valence-electron chi connectivity index (χ3n) is 8.80. The molecule has 3 aliphatic rings. The van der Waals surface area contributed by atoms with E-state index in [-0.39, 0.29) is 0 Å². The molecule has 0 bridgehead atoms. The van der Waals surface area contributed by atoms with Crippen molar-refractivity contribution in [2.45, 2.75) is 57.8 Å². The van der Waals surface area contributed by atoms with Crippen LogP contribution in [0.25, 0.3) is 0 Å². The Kier molecular flexibility index (Phi) is 4.99. The van der Waals surface area contributed by atoms with Crippen LogP contribution in [0.2, 0.25) is 0 Å². The number of hydrogen-bond donors (Lipinski definition) is 0. The van der Waals surface area contributed by atoms with Crippen molar-refractivity contribution >= 4 is 28.5 Å². The van der Waals surface area contributed by atoms with E-state index in [0.29, 0.717) is 0 Å². The zero-order chi connectivity index (χ0) is 22.5. The molecule has 0 atom stereocenters. The van der Waals surface area contributed by atoms with E-state index in [1.807, 2.05) is 0 Å². The van der Waals surface area contributed by atoms with Gasteiger partial charge in [0, 0.05) is 0 Å². The molecular weight excluding hydrogens is 427 g/mol. The molecule has 0 aliphatic heterocycles. The van der Waals surface area contributed by atoms with Gasteiger partial charge in [-0.15, -0.1) is 0 Å². The molecule has 0 amide bonds. The molecule has 0 saturated heterocycles. The molecule has 3 aliphatic carbocycles. The number of fused-ring (bicyclic) bond motifs is 3. The average Bonchev–Trinajstić information content (AvgIpc) is 3.64. The van der Waals surface area contributed by atoms with Crippen molar-refractivity contribution in [1.29, 1.82) is 0 Å². The van der Waals surface area contributed by atoms with Crippen molar-refractivity contribution < 1.29 is 0 Å². The predicted molar refractivity (Wildman–Crippen MR) is 149 cm³/mol. The molecule has 0 N–H and O–H groups in total. The van der Waals surface area contributed by atoms with E-state index in [1.165, 1.54) is 63.1 Å². The van der Waals surface area contributed by atoms with Gasteiger partial charge < -0.3 is 0 Å². The van der Waals surface area contributed by atoms with Crippen LogP contribution in [0.3, 0.4) is 0 Å². The van der Waals surface area contributed by atoms with Gasteiger partial charge in [0.2, 0.25) is 0 Å². The van der Waals surface area contributed by atoms with Gasteiger partial charge in [-0.05, 0) is 0 Å². The Hall–Kier alpha value is -2.69. The average molecular weight is 461 g/mol. The SMILES string of the molecule is c1ccc([PH](c2ccc3c(c2)CCC3)(c2ccc3c(c2)CCC3)c2ccc3c(c2)CCC3)cc1. The van der Waals surface area contributed by atoms with Gasteiger partial charge in [-0.2, -0.15) is 0 Å². The molecule has 7 rings (SSSR count). The van der Waals surface area contributed by atoms with Gasteiger partial charge in [-0.25, -0.2) is 0 Å². The number of benzene rings is 4. The van der Waals surface area contributed by atoms with Crippen molar-refractivity contribution in [2.75, 3.05) is 0 Å².